The highest BCUT2D eigenvalue weighted by atomic mass is 16.5. The molecule has 4 nitrogen and oxygen atoms in total. The summed E-state index contributed by atoms with van der Waals surface area (Å²) in [6, 6.07) is 16.8. The van der Waals surface area contributed by atoms with Crippen molar-refractivity contribution in [1.82, 2.24) is 5.16 Å². The Morgan fingerprint density at radius 2 is 1.58 bits per heavy atom. The lowest BCUT2D eigenvalue weighted by molar-refractivity contribution is -0.146. The number of carbonyl (C=O) groups excluding carboxylic acids is 1. The minimum atomic E-state index is -0.420. The van der Waals surface area contributed by atoms with Gasteiger partial charge in [0.2, 0.25) is 0 Å². The monoisotopic (exact) mass is 417 g/mol. The molecule has 0 N–H and O–H groups in total. The number of aryl methyl sites for hydroxylation is 1. The van der Waals surface area contributed by atoms with E-state index in [4.69, 9.17) is 9.26 Å². The van der Waals surface area contributed by atoms with Crippen LogP contribution in [-0.4, -0.2) is 17.7 Å². The molecule has 2 aromatic carbocycles. The summed E-state index contributed by atoms with van der Waals surface area (Å²) in [5.41, 5.74) is 6.18. The van der Waals surface area contributed by atoms with Crippen LogP contribution < -0.4 is 0 Å². The van der Waals surface area contributed by atoms with Crippen LogP contribution in [0.1, 0.15) is 62.8 Å². The lowest BCUT2D eigenvalue weighted by atomic mass is 9.93. The smallest absolute Gasteiger partial charge is 0.316 e. The molecule has 1 aliphatic rings. The van der Waals surface area contributed by atoms with Crippen molar-refractivity contribution in [2.24, 2.45) is 0 Å². The van der Waals surface area contributed by atoms with E-state index in [1.165, 1.54) is 18.4 Å². The number of carbonyl (C=O) groups is 1. The molecular formula is C27H31NO3. The molecule has 1 aliphatic carbocycles. The van der Waals surface area contributed by atoms with Gasteiger partial charge in [-0.2, -0.15) is 0 Å². The van der Waals surface area contributed by atoms with E-state index >= 15 is 0 Å². The maximum absolute atomic E-state index is 12.3. The number of ether oxygens (including phenoxy) is 1. The van der Waals surface area contributed by atoms with Gasteiger partial charge in [-0.3, -0.25) is 4.79 Å². The van der Waals surface area contributed by atoms with Crippen LogP contribution in [0.3, 0.4) is 0 Å². The summed E-state index contributed by atoms with van der Waals surface area (Å²) >= 11 is 0. The molecular weight excluding hydrogens is 386 g/mol. The van der Waals surface area contributed by atoms with Crippen molar-refractivity contribution in [3.8, 4) is 22.5 Å². The van der Waals surface area contributed by atoms with Crippen LogP contribution in [0.5, 0.6) is 0 Å². The first-order valence-electron chi connectivity index (χ1n) is 11.4. The van der Waals surface area contributed by atoms with Gasteiger partial charge in [-0.25, -0.2) is 0 Å². The van der Waals surface area contributed by atoms with Crippen LogP contribution in [-0.2, 0) is 21.4 Å². The van der Waals surface area contributed by atoms with Gasteiger partial charge in [0.15, 0.2) is 5.76 Å². The van der Waals surface area contributed by atoms with Crippen molar-refractivity contribution in [1.29, 1.82) is 0 Å². The number of benzene rings is 2. The predicted octanol–water partition coefficient (Wildman–Crippen LogP) is 6.64. The Morgan fingerprint density at radius 3 is 2.16 bits per heavy atom. The minimum absolute atomic E-state index is 0.0933. The lowest BCUT2D eigenvalue weighted by Crippen LogP contribution is -2.23. The molecule has 1 aromatic heterocycles. The van der Waals surface area contributed by atoms with Crippen LogP contribution in [0.4, 0.5) is 0 Å². The SMILES string of the molecule is CCCCCc1c(C)noc1-c1ccc(-c2ccc(C3(C(=O)OCC)CC3)cc2)cc1. The zero-order chi connectivity index (χ0) is 21.8. The van der Waals surface area contributed by atoms with Gasteiger partial charge in [-0.1, -0.05) is 73.5 Å². The number of unbranched alkanes of at least 4 members (excludes halogenated alkanes) is 2. The molecule has 0 bridgehead atoms. The molecule has 0 aliphatic heterocycles. The number of aromatic nitrogens is 1. The first kappa shape index (κ1) is 21.4. The molecule has 0 amide bonds. The zero-order valence-corrected chi connectivity index (χ0v) is 18.7. The molecule has 0 saturated heterocycles. The molecule has 0 radical (unpaired) electrons. The molecule has 162 valence electrons. The Labute approximate surface area is 184 Å². The minimum Gasteiger partial charge on any atom is -0.465 e. The van der Waals surface area contributed by atoms with Gasteiger partial charge in [-0.05, 0) is 56.2 Å². The van der Waals surface area contributed by atoms with Gasteiger partial charge >= 0.3 is 5.97 Å². The van der Waals surface area contributed by atoms with Crippen LogP contribution in [0.25, 0.3) is 22.5 Å². The summed E-state index contributed by atoms with van der Waals surface area (Å²) < 4.78 is 10.9. The van der Waals surface area contributed by atoms with Gasteiger partial charge < -0.3 is 9.26 Å². The third kappa shape index (κ3) is 4.30. The predicted molar refractivity (Wildman–Crippen MR) is 123 cm³/mol. The molecule has 4 heteroatoms. The van der Waals surface area contributed by atoms with Gasteiger partial charge in [0.1, 0.15) is 0 Å². The third-order valence-corrected chi connectivity index (χ3v) is 6.35. The van der Waals surface area contributed by atoms with Gasteiger partial charge in [-0.15, -0.1) is 0 Å². The van der Waals surface area contributed by atoms with E-state index in [2.05, 4.69) is 60.6 Å². The van der Waals surface area contributed by atoms with Crippen molar-refractivity contribution >= 4 is 5.97 Å². The Balaban J connectivity index is 1.51. The highest BCUT2D eigenvalue weighted by molar-refractivity contribution is 5.87. The van der Waals surface area contributed by atoms with E-state index in [0.29, 0.717) is 6.61 Å². The topological polar surface area (TPSA) is 52.3 Å². The number of hydrogen-bond acceptors (Lipinski definition) is 4. The summed E-state index contributed by atoms with van der Waals surface area (Å²) in [6.07, 6.45) is 6.33. The van der Waals surface area contributed by atoms with Gasteiger partial charge in [0.25, 0.3) is 0 Å². The highest BCUT2D eigenvalue weighted by Crippen LogP contribution is 2.49. The largest absolute Gasteiger partial charge is 0.465 e. The molecule has 0 spiro atoms. The van der Waals surface area contributed by atoms with Crippen molar-refractivity contribution in [3.63, 3.8) is 0 Å². The van der Waals surface area contributed by atoms with E-state index in [1.54, 1.807) is 0 Å². The summed E-state index contributed by atoms with van der Waals surface area (Å²) in [5.74, 6) is 0.796. The van der Waals surface area contributed by atoms with Crippen molar-refractivity contribution in [2.45, 2.75) is 64.7 Å². The van der Waals surface area contributed by atoms with E-state index in [9.17, 15) is 4.79 Å². The molecule has 31 heavy (non-hydrogen) atoms. The summed E-state index contributed by atoms with van der Waals surface area (Å²) in [6.45, 7) is 6.52. The summed E-state index contributed by atoms with van der Waals surface area (Å²) in [4.78, 5) is 12.3. The van der Waals surface area contributed by atoms with Crippen molar-refractivity contribution in [2.75, 3.05) is 6.61 Å². The van der Waals surface area contributed by atoms with Crippen LogP contribution in [0, 0.1) is 6.92 Å². The zero-order valence-electron chi connectivity index (χ0n) is 18.7. The van der Waals surface area contributed by atoms with Crippen molar-refractivity contribution in [3.05, 3.63) is 65.4 Å². The van der Waals surface area contributed by atoms with E-state index in [0.717, 1.165) is 59.4 Å². The first-order chi connectivity index (χ1) is 15.1. The van der Waals surface area contributed by atoms with Gasteiger partial charge in [0, 0.05) is 11.1 Å². The van der Waals surface area contributed by atoms with E-state index in [1.807, 2.05) is 13.8 Å². The average Bonchev–Trinajstić information content (AvgIpc) is 3.53. The fraction of sp³-hybridized carbons (Fsp3) is 0.407. The average molecular weight is 418 g/mol. The number of rotatable bonds is 9. The maximum Gasteiger partial charge on any atom is 0.316 e. The Hall–Kier alpha value is -2.88. The summed E-state index contributed by atoms with van der Waals surface area (Å²) in [7, 11) is 0. The van der Waals surface area contributed by atoms with Crippen molar-refractivity contribution < 1.29 is 14.1 Å². The molecule has 0 unspecified atom stereocenters. The second-order valence-electron chi connectivity index (χ2n) is 8.49. The highest BCUT2D eigenvalue weighted by Gasteiger charge is 2.52. The van der Waals surface area contributed by atoms with Gasteiger partial charge in [0.05, 0.1) is 17.7 Å². The number of nitrogens with zero attached hydrogens (tertiary/aromatic N) is 1. The van der Waals surface area contributed by atoms with E-state index < -0.39 is 5.41 Å². The molecule has 1 heterocycles. The molecule has 0 atom stereocenters. The van der Waals surface area contributed by atoms with Crippen LogP contribution >= 0.6 is 0 Å². The molecule has 1 saturated carbocycles. The second-order valence-corrected chi connectivity index (χ2v) is 8.49. The Morgan fingerprint density at radius 1 is 0.968 bits per heavy atom. The van der Waals surface area contributed by atoms with E-state index in [-0.39, 0.29) is 5.97 Å². The number of hydrogen-bond donors (Lipinski definition) is 0. The molecule has 4 rings (SSSR count). The maximum atomic E-state index is 12.3. The second kappa shape index (κ2) is 9.09. The normalized spacial score (nSPS) is 14.4. The quantitative estimate of drug-likeness (QED) is 0.289. The fourth-order valence-electron chi connectivity index (χ4n) is 4.26. The first-order valence-corrected chi connectivity index (χ1v) is 11.4. The number of esters is 1. The fourth-order valence-corrected chi connectivity index (χ4v) is 4.26. The molecule has 1 fully saturated rings. The standard InChI is InChI=1S/C27H31NO3/c1-4-6-7-8-24-19(3)28-31-25(24)22-11-9-20(10-12-22)21-13-15-23(16-14-21)27(17-18-27)26(29)30-5-2/h9-16H,4-8,17-18H2,1-3H3. The molecule has 3 aromatic rings. The Bertz CT molecular complexity index is 1030. The van der Waals surface area contributed by atoms with Crippen LogP contribution in [0.2, 0.25) is 0 Å². The lowest BCUT2D eigenvalue weighted by Gasteiger charge is -2.14. The third-order valence-electron chi connectivity index (χ3n) is 6.35. The summed E-state index contributed by atoms with van der Waals surface area (Å²) in [5, 5.41) is 4.21. The Kier molecular flexibility index (Phi) is 6.26. The van der Waals surface area contributed by atoms with Crippen LogP contribution in [0.15, 0.2) is 53.1 Å².